The molecule has 0 atom stereocenters. The van der Waals surface area contributed by atoms with Crippen LogP contribution in [0.5, 0.6) is 5.75 Å². The number of halogens is 1. The minimum Gasteiger partial charge on any atom is -0.484 e. The first-order valence-corrected chi connectivity index (χ1v) is 9.95. The molecule has 0 aliphatic carbocycles. The third-order valence-electron chi connectivity index (χ3n) is 3.21. The van der Waals surface area contributed by atoms with Gasteiger partial charge < -0.3 is 14.8 Å². The zero-order valence-electron chi connectivity index (χ0n) is 14.1. The van der Waals surface area contributed by atoms with Gasteiger partial charge in [0.25, 0.3) is 5.91 Å². The molecule has 9 heteroatoms. The van der Waals surface area contributed by atoms with E-state index < -0.39 is 10.0 Å². The zero-order valence-corrected chi connectivity index (χ0v) is 16.5. The van der Waals surface area contributed by atoms with Crippen molar-refractivity contribution in [2.24, 2.45) is 0 Å². The van der Waals surface area contributed by atoms with Crippen molar-refractivity contribution in [2.45, 2.75) is 4.90 Å². The Morgan fingerprint density at radius 2 is 1.88 bits per heavy atom. The van der Waals surface area contributed by atoms with Gasteiger partial charge in [0.15, 0.2) is 6.61 Å². The van der Waals surface area contributed by atoms with E-state index in [2.05, 4.69) is 26.0 Å². The van der Waals surface area contributed by atoms with Gasteiger partial charge in [-0.1, -0.05) is 22.0 Å². The van der Waals surface area contributed by atoms with Crippen LogP contribution in [0.1, 0.15) is 0 Å². The Morgan fingerprint density at radius 1 is 1.15 bits per heavy atom. The average molecular weight is 443 g/mol. The molecule has 0 aromatic heterocycles. The lowest BCUT2D eigenvalue weighted by Gasteiger charge is -2.09. The van der Waals surface area contributed by atoms with Gasteiger partial charge in [0.05, 0.1) is 11.5 Å². The summed E-state index contributed by atoms with van der Waals surface area (Å²) in [6, 6.07) is 13.0. The summed E-state index contributed by atoms with van der Waals surface area (Å²) in [5.74, 6) is 0.0752. The highest BCUT2D eigenvalue weighted by molar-refractivity contribution is 9.10. The van der Waals surface area contributed by atoms with Crippen LogP contribution in [-0.4, -0.2) is 41.2 Å². The molecule has 2 aromatic carbocycles. The molecule has 1 amide bonds. The first-order chi connectivity index (χ1) is 12.4. The molecule has 0 saturated heterocycles. The second-order valence-electron chi connectivity index (χ2n) is 5.21. The standard InChI is InChI=1S/C17H19BrN2O5S/c1-24-10-9-19-26(22,23)16-7-5-15(6-8-16)25-12-17(21)20-14-4-2-3-13(18)11-14/h2-8,11,19H,9-10,12H2,1H3,(H,20,21). The molecule has 0 bridgehead atoms. The molecule has 7 nitrogen and oxygen atoms in total. The Kier molecular flexibility index (Phi) is 7.58. The monoisotopic (exact) mass is 442 g/mol. The van der Waals surface area contributed by atoms with Gasteiger partial charge in [-0.25, -0.2) is 13.1 Å². The van der Waals surface area contributed by atoms with Gasteiger partial charge in [-0.2, -0.15) is 0 Å². The summed E-state index contributed by atoms with van der Waals surface area (Å²) in [5, 5.41) is 2.71. The fraction of sp³-hybridized carbons (Fsp3) is 0.235. The summed E-state index contributed by atoms with van der Waals surface area (Å²) in [5.41, 5.74) is 0.650. The molecule has 0 fully saturated rings. The third kappa shape index (κ3) is 6.41. The van der Waals surface area contributed by atoms with E-state index in [1.54, 1.807) is 18.2 Å². The average Bonchev–Trinajstić information content (AvgIpc) is 2.60. The van der Waals surface area contributed by atoms with E-state index in [4.69, 9.17) is 9.47 Å². The Labute approximate surface area is 160 Å². The lowest BCUT2D eigenvalue weighted by molar-refractivity contribution is -0.118. The number of amides is 1. The minimum atomic E-state index is -3.59. The summed E-state index contributed by atoms with van der Waals surface area (Å²) in [6.45, 7) is 0.283. The molecule has 0 aliphatic heterocycles. The SMILES string of the molecule is COCCNS(=O)(=O)c1ccc(OCC(=O)Nc2cccc(Br)c2)cc1. The largest absolute Gasteiger partial charge is 0.484 e. The highest BCUT2D eigenvalue weighted by Gasteiger charge is 2.13. The molecule has 0 unspecified atom stereocenters. The highest BCUT2D eigenvalue weighted by Crippen LogP contribution is 2.17. The van der Waals surface area contributed by atoms with E-state index in [-0.39, 0.29) is 30.6 Å². The number of benzene rings is 2. The molecule has 0 spiro atoms. The summed E-state index contributed by atoms with van der Waals surface area (Å²) in [6.07, 6.45) is 0. The topological polar surface area (TPSA) is 93.7 Å². The maximum absolute atomic E-state index is 12.0. The van der Waals surface area contributed by atoms with E-state index in [9.17, 15) is 13.2 Å². The smallest absolute Gasteiger partial charge is 0.262 e. The van der Waals surface area contributed by atoms with Crippen molar-refractivity contribution < 1.29 is 22.7 Å². The van der Waals surface area contributed by atoms with Crippen molar-refractivity contribution in [1.82, 2.24) is 4.72 Å². The number of nitrogens with one attached hydrogen (secondary N) is 2. The number of anilines is 1. The lowest BCUT2D eigenvalue weighted by Crippen LogP contribution is -2.27. The highest BCUT2D eigenvalue weighted by atomic mass is 79.9. The van der Waals surface area contributed by atoms with Crippen LogP contribution in [0.4, 0.5) is 5.69 Å². The fourth-order valence-electron chi connectivity index (χ4n) is 1.99. The van der Waals surface area contributed by atoms with Crippen LogP contribution in [-0.2, 0) is 19.6 Å². The number of methoxy groups -OCH3 is 1. The molecule has 140 valence electrons. The van der Waals surface area contributed by atoms with Gasteiger partial charge in [0, 0.05) is 23.8 Å². The second kappa shape index (κ2) is 9.67. The Hall–Kier alpha value is -1.94. The molecular formula is C17H19BrN2O5S. The van der Waals surface area contributed by atoms with Gasteiger partial charge in [-0.3, -0.25) is 4.79 Å². The number of hydrogen-bond acceptors (Lipinski definition) is 5. The number of ether oxygens (including phenoxy) is 2. The predicted molar refractivity (Wildman–Crippen MR) is 102 cm³/mol. The summed E-state index contributed by atoms with van der Waals surface area (Å²) in [4.78, 5) is 12.0. The van der Waals surface area contributed by atoms with E-state index in [0.29, 0.717) is 11.4 Å². The lowest BCUT2D eigenvalue weighted by atomic mass is 10.3. The van der Waals surface area contributed by atoms with Crippen molar-refractivity contribution in [3.05, 3.63) is 53.0 Å². The minimum absolute atomic E-state index is 0.111. The quantitative estimate of drug-likeness (QED) is 0.581. The number of carbonyl (C=O) groups excluding carboxylic acids is 1. The molecular weight excluding hydrogens is 424 g/mol. The van der Waals surface area contributed by atoms with E-state index >= 15 is 0 Å². The molecule has 2 rings (SSSR count). The normalized spacial score (nSPS) is 11.2. The van der Waals surface area contributed by atoms with Crippen molar-refractivity contribution in [3.8, 4) is 5.75 Å². The van der Waals surface area contributed by atoms with E-state index in [0.717, 1.165) is 4.47 Å². The maximum atomic E-state index is 12.0. The van der Waals surface area contributed by atoms with Crippen LogP contribution in [0.15, 0.2) is 57.9 Å². The van der Waals surface area contributed by atoms with Gasteiger partial charge in [-0.15, -0.1) is 0 Å². The number of rotatable bonds is 9. The molecule has 0 radical (unpaired) electrons. The number of carbonyl (C=O) groups is 1. The molecule has 0 saturated carbocycles. The summed E-state index contributed by atoms with van der Waals surface area (Å²) in [7, 11) is -2.10. The van der Waals surface area contributed by atoms with Gasteiger partial charge in [0.1, 0.15) is 5.75 Å². The maximum Gasteiger partial charge on any atom is 0.262 e. The Balaban J connectivity index is 1.88. The third-order valence-corrected chi connectivity index (χ3v) is 5.18. The number of hydrogen-bond donors (Lipinski definition) is 2. The van der Waals surface area contributed by atoms with Crippen LogP contribution in [0.2, 0.25) is 0 Å². The van der Waals surface area contributed by atoms with Crippen LogP contribution in [0, 0.1) is 0 Å². The summed E-state index contributed by atoms with van der Waals surface area (Å²) >= 11 is 3.33. The van der Waals surface area contributed by atoms with Crippen molar-refractivity contribution in [3.63, 3.8) is 0 Å². The van der Waals surface area contributed by atoms with E-state index in [1.165, 1.54) is 31.4 Å². The first kappa shape index (κ1) is 20.4. The summed E-state index contributed by atoms with van der Waals surface area (Å²) < 4.78 is 37.5. The van der Waals surface area contributed by atoms with Crippen LogP contribution >= 0.6 is 15.9 Å². The first-order valence-electron chi connectivity index (χ1n) is 7.67. The zero-order chi connectivity index (χ0) is 19.0. The molecule has 0 aliphatic rings. The van der Waals surface area contributed by atoms with Gasteiger partial charge in [0.2, 0.25) is 10.0 Å². The number of sulfonamides is 1. The predicted octanol–water partition coefficient (Wildman–Crippen LogP) is 2.39. The Bertz CT molecular complexity index is 840. The van der Waals surface area contributed by atoms with Crippen LogP contribution in [0.3, 0.4) is 0 Å². The van der Waals surface area contributed by atoms with Gasteiger partial charge in [-0.05, 0) is 42.5 Å². The molecule has 26 heavy (non-hydrogen) atoms. The fourth-order valence-corrected chi connectivity index (χ4v) is 3.40. The van der Waals surface area contributed by atoms with Crippen molar-refractivity contribution in [2.75, 3.05) is 32.2 Å². The molecule has 2 aromatic rings. The van der Waals surface area contributed by atoms with Crippen LogP contribution in [0.25, 0.3) is 0 Å². The van der Waals surface area contributed by atoms with Crippen molar-refractivity contribution in [1.29, 1.82) is 0 Å². The Morgan fingerprint density at radius 3 is 2.54 bits per heavy atom. The molecule has 0 heterocycles. The van der Waals surface area contributed by atoms with E-state index in [1.807, 2.05) is 6.07 Å². The second-order valence-corrected chi connectivity index (χ2v) is 7.89. The van der Waals surface area contributed by atoms with Crippen molar-refractivity contribution >= 4 is 37.5 Å². The van der Waals surface area contributed by atoms with Crippen LogP contribution < -0.4 is 14.8 Å². The van der Waals surface area contributed by atoms with Gasteiger partial charge >= 0.3 is 0 Å². The molecule has 2 N–H and O–H groups in total.